The van der Waals surface area contributed by atoms with Gasteiger partial charge in [0.05, 0.1) is 0 Å². The fraction of sp³-hybridized carbons (Fsp3) is 0.650. The first-order valence-corrected chi connectivity index (χ1v) is 9.50. The normalized spacial score (nSPS) is 23.2. The van der Waals surface area contributed by atoms with Gasteiger partial charge in [-0.3, -0.25) is 0 Å². The lowest BCUT2D eigenvalue weighted by Gasteiger charge is -2.37. The Balaban J connectivity index is 1.43. The van der Waals surface area contributed by atoms with Crippen molar-refractivity contribution < 1.29 is 4.79 Å². The largest absolute Gasteiger partial charge is 0.334 e. The monoisotopic (exact) mass is 329 g/mol. The van der Waals surface area contributed by atoms with Crippen molar-refractivity contribution in [3.63, 3.8) is 0 Å². The van der Waals surface area contributed by atoms with Gasteiger partial charge in [-0.15, -0.1) is 0 Å². The zero-order valence-corrected chi connectivity index (χ0v) is 14.9. The van der Waals surface area contributed by atoms with Gasteiger partial charge in [-0.1, -0.05) is 37.3 Å². The van der Waals surface area contributed by atoms with Gasteiger partial charge < -0.3 is 15.1 Å². The van der Waals surface area contributed by atoms with Crippen molar-refractivity contribution in [1.29, 1.82) is 0 Å². The van der Waals surface area contributed by atoms with E-state index >= 15 is 0 Å². The summed E-state index contributed by atoms with van der Waals surface area (Å²) in [6.07, 6.45) is 5.05. The molecule has 2 heterocycles. The third kappa shape index (κ3) is 4.97. The molecule has 1 atom stereocenters. The van der Waals surface area contributed by atoms with Gasteiger partial charge in [-0.05, 0) is 56.2 Å². The molecule has 1 aromatic rings. The summed E-state index contributed by atoms with van der Waals surface area (Å²) in [5, 5.41) is 3.07. The average Bonchev–Trinajstić information content (AvgIpc) is 2.63. The number of carbonyl (C=O) groups is 1. The predicted molar refractivity (Wildman–Crippen MR) is 97.8 cm³/mol. The highest BCUT2D eigenvalue weighted by Crippen LogP contribution is 2.21. The Morgan fingerprint density at radius 2 is 1.88 bits per heavy atom. The highest BCUT2D eigenvalue weighted by molar-refractivity contribution is 5.74. The third-order valence-corrected chi connectivity index (χ3v) is 5.49. The number of rotatable bonds is 4. The van der Waals surface area contributed by atoms with Crippen LogP contribution in [0.25, 0.3) is 0 Å². The van der Waals surface area contributed by atoms with Crippen molar-refractivity contribution in [3.8, 4) is 0 Å². The van der Waals surface area contributed by atoms with Crippen LogP contribution < -0.4 is 5.32 Å². The highest BCUT2D eigenvalue weighted by atomic mass is 16.2. The Morgan fingerprint density at radius 3 is 2.62 bits per heavy atom. The van der Waals surface area contributed by atoms with E-state index in [0.29, 0.717) is 12.5 Å². The molecule has 2 aliphatic heterocycles. The molecule has 132 valence electrons. The Morgan fingerprint density at radius 1 is 1.12 bits per heavy atom. The molecule has 1 aromatic carbocycles. The number of benzene rings is 1. The lowest BCUT2D eigenvalue weighted by atomic mass is 9.94. The highest BCUT2D eigenvalue weighted by Gasteiger charge is 2.26. The van der Waals surface area contributed by atoms with Gasteiger partial charge in [-0.25, -0.2) is 4.79 Å². The van der Waals surface area contributed by atoms with Crippen molar-refractivity contribution in [1.82, 2.24) is 15.1 Å². The van der Waals surface area contributed by atoms with Gasteiger partial charge in [0.25, 0.3) is 0 Å². The smallest absolute Gasteiger partial charge is 0.317 e. The van der Waals surface area contributed by atoms with E-state index in [4.69, 9.17) is 0 Å². The fourth-order valence-electron chi connectivity index (χ4n) is 3.89. The molecular weight excluding hydrogens is 298 g/mol. The van der Waals surface area contributed by atoms with E-state index in [1.165, 1.54) is 32.4 Å². The van der Waals surface area contributed by atoms with Crippen molar-refractivity contribution in [2.75, 3.05) is 32.7 Å². The number of hydrogen-bond acceptors (Lipinski definition) is 2. The Bertz CT molecular complexity index is 511. The van der Waals surface area contributed by atoms with Crippen molar-refractivity contribution >= 4 is 6.03 Å². The molecular formula is C20H31N3O. The van der Waals surface area contributed by atoms with Crippen LogP contribution in [0.15, 0.2) is 30.3 Å². The summed E-state index contributed by atoms with van der Waals surface area (Å²) in [5.74, 6) is 1.52. The first kappa shape index (κ1) is 17.3. The molecule has 0 saturated carbocycles. The van der Waals surface area contributed by atoms with E-state index in [1.54, 1.807) is 0 Å². The molecule has 2 saturated heterocycles. The number of nitrogens with one attached hydrogen (secondary N) is 1. The summed E-state index contributed by atoms with van der Waals surface area (Å²) in [6.45, 7) is 8.41. The van der Waals surface area contributed by atoms with E-state index in [-0.39, 0.29) is 6.03 Å². The molecule has 4 nitrogen and oxygen atoms in total. The van der Waals surface area contributed by atoms with Crippen LogP contribution in [0.3, 0.4) is 0 Å². The molecule has 0 bridgehead atoms. The van der Waals surface area contributed by atoms with Crippen LogP contribution in [0.1, 0.15) is 38.2 Å². The standard InChI is InChI=1S/C20H31N3O/c1-17-9-12-22(13-10-17)15-19-8-5-11-23(16-19)20(24)21-14-18-6-3-2-4-7-18/h2-4,6-7,17,19H,5,8-16H2,1H3,(H,21,24). The minimum Gasteiger partial charge on any atom is -0.334 e. The number of carbonyl (C=O) groups excluding carboxylic acids is 1. The van der Waals surface area contributed by atoms with Gasteiger partial charge >= 0.3 is 6.03 Å². The van der Waals surface area contributed by atoms with E-state index in [0.717, 1.165) is 37.5 Å². The second kappa shape index (κ2) is 8.52. The van der Waals surface area contributed by atoms with E-state index < -0.39 is 0 Å². The van der Waals surface area contributed by atoms with Crippen LogP contribution in [0.2, 0.25) is 0 Å². The molecule has 0 aromatic heterocycles. The van der Waals surface area contributed by atoms with E-state index in [1.807, 2.05) is 23.1 Å². The number of piperidine rings is 2. The maximum Gasteiger partial charge on any atom is 0.317 e. The summed E-state index contributed by atoms with van der Waals surface area (Å²) >= 11 is 0. The van der Waals surface area contributed by atoms with Gasteiger partial charge in [0.2, 0.25) is 0 Å². The molecule has 3 rings (SSSR count). The zero-order valence-electron chi connectivity index (χ0n) is 14.9. The second-order valence-electron chi connectivity index (χ2n) is 7.58. The maximum absolute atomic E-state index is 12.5. The quantitative estimate of drug-likeness (QED) is 0.919. The molecule has 0 aliphatic carbocycles. The first-order chi connectivity index (χ1) is 11.7. The molecule has 1 N–H and O–H groups in total. The summed E-state index contributed by atoms with van der Waals surface area (Å²) in [6, 6.07) is 10.2. The topological polar surface area (TPSA) is 35.6 Å². The minimum absolute atomic E-state index is 0.0934. The van der Waals surface area contributed by atoms with Crippen molar-refractivity contribution in [2.24, 2.45) is 11.8 Å². The van der Waals surface area contributed by atoms with Crippen molar-refractivity contribution in [3.05, 3.63) is 35.9 Å². The average molecular weight is 329 g/mol. The Kier molecular flexibility index (Phi) is 6.13. The van der Waals surface area contributed by atoms with Crippen LogP contribution in [-0.4, -0.2) is 48.6 Å². The van der Waals surface area contributed by atoms with Gasteiger partial charge in [-0.2, -0.15) is 0 Å². The Hall–Kier alpha value is -1.55. The SMILES string of the molecule is CC1CCN(CC2CCCN(C(=O)NCc3ccccc3)C2)CC1. The number of urea groups is 1. The van der Waals surface area contributed by atoms with Crippen LogP contribution in [0.4, 0.5) is 4.79 Å². The van der Waals surface area contributed by atoms with Crippen LogP contribution in [0, 0.1) is 11.8 Å². The second-order valence-corrected chi connectivity index (χ2v) is 7.58. The van der Waals surface area contributed by atoms with Gasteiger partial charge in [0, 0.05) is 26.2 Å². The molecule has 2 fully saturated rings. The molecule has 2 aliphatic rings. The minimum atomic E-state index is 0.0934. The fourth-order valence-corrected chi connectivity index (χ4v) is 3.89. The van der Waals surface area contributed by atoms with E-state index in [2.05, 4.69) is 29.3 Å². The molecule has 2 amide bonds. The van der Waals surface area contributed by atoms with Crippen LogP contribution >= 0.6 is 0 Å². The number of nitrogens with zero attached hydrogens (tertiary/aromatic N) is 2. The summed E-state index contributed by atoms with van der Waals surface area (Å²) < 4.78 is 0. The molecule has 0 spiro atoms. The third-order valence-electron chi connectivity index (χ3n) is 5.49. The Labute approximate surface area is 146 Å². The number of hydrogen-bond donors (Lipinski definition) is 1. The van der Waals surface area contributed by atoms with Crippen molar-refractivity contribution in [2.45, 2.75) is 39.2 Å². The molecule has 24 heavy (non-hydrogen) atoms. The maximum atomic E-state index is 12.5. The predicted octanol–water partition coefficient (Wildman–Crippen LogP) is 3.34. The first-order valence-electron chi connectivity index (χ1n) is 9.50. The van der Waals surface area contributed by atoms with Crippen LogP contribution in [0.5, 0.6) is 0 Å². The lowest BCUT2D eigenvalue weighted by molar-refractivity contribution is 0.120. The van der Waals surface area contributed by atoms with Gasteiger partial charge in [0.15, 0.2) is 0 Å². The van der Waals surface area contributed by atoms with E-state index in [9.17, 15) is 4.79 Å². The molecule has 0 radical (unpaired) electrons. The van der Waals surface area contributed by atoms with Crippen LogP contribution in [-0.2, 0) is 6.54 Å². The summed E-state index contributed by atoms with van der Waals surface area (Å²) in [5.41, 5.74) is 1.15. The zero-order chi connectivity index (χ0) is 16.8. The number of likely N-dealkylation sites (tertiary alicyclic amines) is 2. The lowest BCUT2D eigenvalue weighted by Crippen LogP contribution is -2.48. The molecule has 1 unspecified atom stereocenters. The summed E-state index contributed by atoms with van der Waals surface area (Å²) in [7, 11) is 0. The van der Waals surface area contributed by atoms with Gasteiger partial charge in [0.1, 0.15) is 0 Å². The molecule has 4 heteroatoms. The summed E-state index contributed by atoms with van der Waals surface area (Å²) in [4.78, 5) is 17.1. The number of amides is 2.